The van der Waals surface area contributed by atoms with Gasteiger partial charge in [-0.1, -0.05) is 0 Å². The van der Waals surface area contributed by atoms with Gasteiger partial charge in [-0.2, -0.15) is 0 Å². The number of carbonyl (C=O) groups excluding carboxylic acids is 5. The third kappa shape index (κ3) is 13.2. The van der Waals surface area contributed by atoms with Gasteiger partial charge in [0.1, 0.15) is 23.1 Å². The number of alkyl carbamates (subject to hydrolysis) is 1. The molecule has 2 aliphatic rings. The average Bonchev–Trinajstić information content (AvgIpc) is 3.37. The van der Waals surface area contributed by atoms with Crippen LogP contribution >= 0.6 is 0 Å². The van der Waals surface area contributed by atoms with Crippen LogP contribution in [0.1, 0.15) is 62.3 Å². The first kappa shape index (κ1) is 41.9. The lowest BCUT2D eigenvalue weighted by Crippen LogP contribution is -2.65. The highest BCUT2D eigenvalue weighted by Crippen LogP contribution is 2.32. The summed E-state index contributed by atoms with van der Waals surface area (Å²) >= 11 is 0. The number of methoxy groups -OCH3 is 1. The van der Waals surface area contributed by atoms with Gasteiger partial charge < -0.3 is 48.5 Å². The second kappa shape index (κ2) is 16.9. The van der Waals surface area contributed by atoms with E-state index in [9.17, 15) is 34.1 Å². The highest BCUT2D eigenvalue weighted by atomic mass is 16.8. The van der Waals surface area contributed by atoms with Crippen molar-refractivity contribution in [3.05, 3.63) is 46.2 Å². The molecule has 2 heterocycles. The minimum absolute atomic E-state index is 0.114. The van der Waals surface area contributed by atoms with Crippen molar-refractivity contribution in [1.82, 2.24) is 16.0 Å². The van der Waals surface area contributed by atoms with E-state index in [0.717, 1.165) is 19.2 Å². The monoisotopic (exact) mass is 751 g/mol. The lowest BCUT2D eigenvalue weighted by Gasteiger charge is -2.41. The quantitative estimate of drug-likeness (QED) is 0.0655. The van der Waals surface area contributed by atoms with Crippen molar-refractivity contribution in [3.63, 3.8) is 0 Å². The summed E-state index contributed by atoms with van der Waals surface area (Å²) in [7, 11) is 1.08. The Bertz CT molecular complexity index is 1610. The normalized spacial score (nSPS) is 21.8. The predicted molar refractivity (Wildman–Crippen MR) is 181 cm³/mol. The van der Waals surface area contributed by atoms with E-state index in [2.05, 4.69) is 20.9 Å². The van der Waals surface area contributed by atoms with Crippen LogP contribution in [-0.4, -0.2) is 102 Å². The molecule has 3 N–H and O–H groups in total. The largest absolute Gasteiger partial charge is 0.514 e. The smallest absolute Gasteiger partial charge is 0.477 e. The van der Waals surface area contributed by atoms with E-state index >= 15 is 0 Å². The van der Waals surface area contributed by atoms with Crippen molar-refractivity contribution in [1.29, 1.82) is 0 Å². The van der Waals surface area contributed by atoms with E-state index in [4.69, 9.17) is 37.9 Å². The molecule has 3 rings (SSSR count). The lowest BCUT2D eigenvalue weighted by molar-refractivity contribution is -0.384. The number of ether oxygens (including phenoxy) is 8. The molecule has 0 aromatic heterocycles. The standard InChI is InChI=1S/C33H45N5O15/c1-17(39)34-23-20(35-27(36-28(41)52-31(2,3)4)37-29(42)53-32(5,6)7)15-21(26(40)46-10)49-25(23)24(22-16-47-33(8,9)51-22)50-30(43)48-19-13-11-18(12-14-19)38(44)45/h11-15,20,22-25H,16H2,1-10H3,(H,34,39)(H2,35,36,37,41,42)/t20-,22+,23+,24+,25+/m0/s1. The molecule has 5 atom stereocenters. The molecular weight excluding hydrogens is 706 g/mol. The number of amides is 3. The molecule has 20 nitrogen and oxygen atoms in total. The number of benzene rings is 1. The summed E-state index contributed by atoms with van der Waals surface area (Å²) in [6.45, 7) is 13.8. The summed E-state index contributed by atoms with van der Waals surface area (Å²) in [5.74, 6) is -3.88. The Hall–Kier alpha value is -5.50. The van der Waals surface area contributed by atoms with Crippen molar-refractivity contribution >= 4 is 41.9 Å². The van der Waals surface area contributed by atoms with Crippen LogP contribution in [0.5, 0.6) is 5.75 Å². The Morgan fingerprint density at radius 3 is 2.13 bits per heavy atom. The number of nitrogens with zero attached hydrogens (tertiary/aromatic N) is 2. The Kier molecular flexibility index (Phi) is 13.4. The van der Waals surface area contributed by atoms with Gasteiger partial charge in [0.2, 0.25) is 17.6 Å². The molecule has 1 aromatic rings. The van der Waals surface area contributed by atoms with Crippen LogP contribution in [0, 0.1) is 10.1 Å². The summed E-state index contributed by atoms with van der Waals surface area (Å²) in [5.41, 5.74) is -2.21. The number of carbonyl (C=O) groups is 5. The van der Waals surface area contributed by atoms with Crippen molar-refractivity contribution in [2.24, 2.45) is 4.99 Å². The van der Waals surface area contributed by atoms with Crippen molar-refractivity contribution < 1.29 is 66.8 Å². The number of rotatable bonds is 8. The fourth-order valence-corrected chi connectivity index (χ4v) is 4.89. The summed E-state index contributed by atoms with van der Waals surface area (Å²) in [5, 5.41) is 18.9. The highest BCUT2D eigenvalue weighted by Gasteiger charge is 2.51. The third-order valence-corrected chi connectivity index (χ3v) is 6.81. The molecule has 0 saturated carbocycles. The molecule has 1 aromatic carbocycles. The second-order valence-corrected chi connectivity index (χ2v) is 14.1. The van der Waals surface area contributed by atoms with E-state index in [1.54, 1.807) is 55.4 Å². The number of nitro benzene ring substituents is 1. The predicted octanol–water partition coefficient (Wildman–Crippen LogP) is 3.36. The van der Waals surface area contributed by atoms with Crippen LogP contribution in [0.15, 0.2) is 41.1 Å². The molecule has 0 radical (unpaired) electrons. The molecule has 0 spiro atoms. The van der Waals surface area contributed by atoms with Crippen molar-refractivity contribution in [3.8, 4) is 5.75 Å². The number of hydrogen-bond acceptors (Lipinski definition) is 15. The zero-order valence-corrected chi connectivity index (χ0v) is 31.0. The number of non-ortho nitro benzene ring substituents is 1. The first-order chi connectivity index (χ1) is 24.4. The second-order valence-electron chi connectivity index (χ2n) is 14.1. The van der Waals surface area contributed by atoms with Gasteiger partial charge in [-0.15, -0.1) is 4.99 Å². The minimum atomic E-state index is -1.53. The van der Waals surface area contributed by atoms with Crippen LogP contribution in [-0.2, 0) is 42.7 Å². The van der Waals surface area contributed by atoms with Gasteiger partial charge in [-0.3, -0.25) is 20.2 Å². The summed E-state index contributed by atoms with van der Waals surface area (Å²) in [6.07, 6.45) is -6.43. The molecule has 1 saturated heterocycles. The van der Waals surface area contributed by atoms with Crippen molar-refractivity contribution in [2.75, 3.05) is 13.7 Å². The van der Waals surface area contributed by atoms with Gasteiger partial charge in [0.15, 0.2) is 18.0 Å². The molecule has 0 unspecified atom stereocenters. The molecule has 53 heavy (non-hydrogen) atoms. The molecule has 0 bridgehead atoms. The Morgan fingerprint density at radius 2 is 1.62 bits per heavy atom. The molecule has 1 fully saturated rings. The molecule has 292 valence electrons. The van der Waals surface area contributed by atoms with Gasteiger partial charge in [-0.25, -0.2) is 19.2 Å². The number of nitro groups is 1. The van der Waals surface area contributed by atoms with Crippen LogP contribution in [0.3, 0.4) is 0 Å². The zero-order chi connectivity index (χ0) is 39.9. The first-order valence-electron chi connectivity index (χ1n) is 16.2. The van der Waals surface area contributed by atoms with Gasteiger partial charge >= 0.3 is 24.3 Å². The fraction of sp³-hybridized carbons (Fsp3) is 0.576. The van der Waals surface area contributed by atoms with Crippen LogP contribution < -0.4 is 20.7 Å². The van der Waals surface area contributed by atoms with Gasteiger partial charge in [0, 0.05) is 19.1 Å². The van der Waals surface area contributed by atoms with E-state index in [-0.39, 0.29) is 18.0 Å². The SMILES string of the molecule is COC(=O)C1=C[C@H](N/C(=N/C(=O)OC(C)(C)C)NC(=O)OC(C)(C)C)[C@@H](NC(C)=O)[C@H]([C@H](OC(=O)Oc2ccc([N+](=O)[O-])cc2)[C@H]2COC(C)(C)O2)O1. The van der Waals surface area contributed by atoms with E-state index in [1.807, 2.05) is 0 Å². The number of guanidine groups is 1. The molecule has 20 heteroatoms. The summed E-state index contributed by atoms with van der Waals surface area (Å²) in [6, 6.07) is 1.98. The highest BCUT2D eigenvalue weighted by molar-refractivity contribution is 5.99. The number of nitrogens with one attached hydrogen (secondary N) is 3. The topological polar surface area (TPSA) is 251 Å². The number of esters is 1. The van der Waals surface area contributed by atoms with Crippen LogP contribution in [0.2, 0.25) is 0 Å². The maximum Gasteiger partial charge on any atom is 0.514 e. The van der Waals surface area contributed by atoms with E-state index < -0.39 is 94.2 Å². The maximum atomic E-state index is 13.3. The summed E-state index contributed by atoms with van der Waals surface area (Å²) < 4.78 is 44.3. The van der Waals surface area contributed by atoms with Gasteiger partial charge in [0.05, 0.1) is 30.7 Å². The van der Waals surface area contributed by atoms with Gasteiger partial charge in [-0.05, 0) is 73.6 Å². The Morgan fingerprint density at radius 1 is 1.00 bits per heavy atom. The number of hydrogen-bond donors (Lipinski definition) is 3. The summed E-state index contributed by atoms with van der Waals surface area (Å²) in [4.78, 5) is 78.9. The molecule has 0 aliphatic carbocycles. The molecular formula is C33H45N5O15. The minimum Gasteiger partial charge on any atom is -0.477 e. The average molecular weight is 752 g/mol. The third-order valence-electron chi connectivity index (χ3n) is 6.81. The zero-order valence-electron chi connectivity index (χ0n) is 31.0. The molecule has 3 amide bonds. The van der Waals surface area contributed by atoms with Crippen LogP contribution in [0.4, 0.5) is 20.1 Å². The van der Waals surface area contributed by atoms with E-state index in [0.29, 0.717) is 0 Å². The first-order valence-corrected chi connectivity index (χ1v) is 16.2. The number of aliphatic imine (C=N–C) groups is 1. The Labute approximate surface area is 304 Å². The fourth-order valence-electron chi connectivity index (χ4n) is 4.89. The maximum absolute atomic E-state index is 13.3. The molecule has 2 aliphatic heterocycles. The lowest BCUT2D eigenvalue weighted by atomic mass is 9.91. The van der Waals surface area contributed by atoms with Crippen molar-refractivity contribution in [2.45, 2.75) is 110 Å². The van der Waals surface area contributed by atoms with E-state index in [1.165, 1.54) is 25.1 Å². The Balaban J connectivity index is 2.10. The van der Waals surface area contributed by atoms with Gasteiger partial charge in [0.25, 0.3) is 5.69 Å². The van der Waals surface area contributed by atoms with Crippen LogP contribution in [0.25, 0.3) is 0 Å².